The molecule has 0 unspecified atom stereocenters. The minimum absolute atomic E-state index is 0.0641. The van der Waals surface area contributed by atoms with E-state index >= 15 is 0 Å². The van der Waals surface area contributed by atoms with Gasteiger partial charge < -0.3 is 9.88 Å². The highest BCUT2D eigenvalue weighted by atomic mass is 16.2. The molecule has 1 aromatic heterocycles. The van der Waals surface area contributed by atoms with Gasteiger partial charge in [-0.05, 0) is 18.6 Å². The van der Waals surface area contributed by atoms with E-state index in [0.29, 0.717) is 6.54 Å². The van der Waals surface area contributed by atoms with Crippen molar-refractivity contribution in [3.8, 4) is 0 Å². The van der Waals surface area contributed by atoms with E-state index in [1.807, 2.05) is 26.8 Å². The molecule has 0 saturated carbocycles. The molecule has 0 fully saturated rings. The third kappa shape index (κ3) is 6.96. The number of benzene rings is 1. The Bertz CT molecular complexity index is 727. The van der Waals surface area contributed by atoms with Gasteiger partial charge in [-0.15, -0.1) is 0 Å². The fraction of sp³-hybridized carbons (Fsp3) is 0.667. The molecule has 1 heterocycles. The number of hydrogen-bond donors (Lipinski definition) is 1. The molecule has 0 aliphatic rings. The molecule has 0 aliphatic heterocycles. The molecular weight excluding hydrogens is 346 g/mol. The van der Waals surface area contributed by atoms with Gasteiger partial charge in [0.1, 0.15) is 5.82 Å². The first-order valence-corrected chi connectivity index (χ1v) is 11.2. The Balaban J connectivity index is 1.87. The van der Waals surface area contributed by atoms with Crippen LogP contribution in [0.25, 0.3) is 11.0 Å². The molecule has 0 bridgehead atoms. The summed E-state index contributed by atoms with van der Waals surface area (Å²) in [6.45, 7) is 9.54. The number of fused-ring (bicyclic) bond motifs is 1. The molecule has 1 aromatic carbocycles. The Morgan fingerprint density at radius 3 is 2.21 bits per heavy atom. The van der Waals surface area contributed by atoms with Crippen molar-refractivity contribution >= 4 is 16.9 Å². The SMILES string of the molecule is CCCCCCCCCCCn1c(CNC(=O)C(C)(C)C)nc2ccccc21. The Morgan fingerprint density at radius 1 is 0.964 bits per heavy atom. The van der Waals surface area contributed by atoms with E-state index in [-0.39, 0.29) is 11.3 Å². The molecule has 4 heteroatoms. The van der Waals surface area contributed by atoms with Crippen molar-refractivity contribution in [1.29, 1.82) is 0 Å². The Morgan fingerprint density at radius 2 is 1.57 bits per heavy atom. The summed E-state index contributed by atoms with van der Waals surface area (Å²) in [5.41, 5.74) is 1.80. The lowest BCUT2D eigenvalue weighted by molar-refractivity contribution is -0.128. The zero-order valence-corrected chi connectivity index (χ0v) is 18.4. The summed E-state index contributed by atoms with van der Waals surface area (Å²) in [6.07, 6.45) is 11.9. The molecule has 4 nitrogen and oxygen atoms in total. The van der Waals surface area contributed by atoms with E-state index in [4.69, 9.17) is 4.98 Å². The molecule has 0 spiro atoms. The first-order chi connectivity index (χ1) is 13.4. The number of rotatable bonds is 12. The van der Waals surface area contributed by atoms with Crippen molar-refractivity contribution in [1.82, 2.24) is 14.9 Å². The van der Waals surface area contributed by atoms with E-state index in [9.17, 15) is 4.79 Å². The predicted octanol–water partition coefficient (Wildman–Crippen LogP) is 6.23. The number of amides is 1. The van der Waals surface area contributed by atoms with Crippen molar-refractivity contribution < 1.29 is 4.79 Å². The monoisotopic (exact) mass is 385 g/mol. The van der Waals surface area contributed by atoms with Crippen LogP contribution in [0.4, 0.5) is 0 Å². The molecule has 1 amide bonds. The van der Waals surface area contributed by atoms with Crippen LogP contribution in [0.15, 0.2) is 24.3 Å². The number of carbonyl (C=O) groups excluding carboxylic acids is 1. The number of imidazole rings is 1. The molecule has 1 N–H and O–H groups in total. The lowest BCUT2D eigenvalue weighted by Crippen LogP contribution is -2.35. The van der Waals surface area contributed by atoms with E-state index in [2.05, 4.69) is 35.0 Å². The van der Waals surface area contributed by atoms with Crippen LogP contribution in [0.1, 0.15) is 91.3 Å². The summed E-state index contributed by atoms with van der Waals surface area (Å²) in [5.74, 6) is 1.02. The van der Waals surface area contributed by atoms with Gasteiger partial charge in [0.05, 0.1) is 17.6 Å². The lowest BCUT2D eigenvalue weighted by Gasteiger charge is -2.18. The van der Waals surface area contributed by atoms with Crippen LogP contribution in [0, 0.1) is 5.41 Å². The fourth-order valence-corrected chi connectivity index (χ4v) is 3.51. The number of aryl methyl sites for hydroxylation is 1. The summed E-state index contributed by atoms with van der Waals surface area (Å²) >= 11 is 0. The largest absolute Gasteiger partial charge is 0.348 e. The second-order valence-corrected chi connectivity index (χ2v) is 8.93. The first-order valence-electron chi connectivity index (χ1n) is 11.2. The van der Waals surface area contributed by atoms with Crippen molar-refractivity contribution in [2.24, 2.45) is 5.41 Å². The van der Waals surface area contributed by atoms with Crippen LogP contribution >= 0.6 is 0 Å². The molecule has 2 aromatic rings. The van der Waals surface area contributed by atoms with Gasteiger partial charge in [0.2, 0.25) is 5.91 Å². The van der Waals surface area contributed by atoms with E-state index in [0.717, 1.165) is 24.3 Å². The Labute approximate surface area is 171 Å². The second-order valence-electron chi connectivity index (χ2n) is 8.93. The highest BCUT2D eigenvalue weighted by molar-refractivity contribution is 5.81. The van der Waals surface area contributed by atoms with Gasteiger partial charge in [0.15, 0.2) is 0 Å². The molecule has 2 rings (SSSR count). The minimum atomic E-state index is -0.381. The molecule has 156 valence electrons. The van der Waals surface area contributed by atoms with Gasteiger partial charge in [0, 0.05) is 12.0 Å². The number of para-hydroxylation sites is 2. The summed E-state index contributed by atoms with van der Waals surface area (Å²) in [6, 6.07) is 8.27. The molecular formula is C24H39N3O. The molecule has 0 radical (unpaired) electrons. The number of nitrogens with zero attached hydrogens (tertiary/aromatic N) is 2. The number of unbranched alkanes of at least 4 members (excludes halogenated alkanes) is 8. The maximum atomic E-state index is 12.2. The Kier molecular flexibility index (Phi) is 9.01. The maximum absolute atomic E-state index is 12.2. The summed E-state index contributed by atoms with van der Waals surface area (Å²) in [4.78, 5) is 17.0. The standard InChI is InChI=1S/C24H39N3O/c1-5-6-7-8-9-10-11-12-15-18-27-21-17-14-13-16-20(21)26-22(27)19-25-23(28)24(2,3)4/h13-14,16-17H,5-12,15,18-19H2,1-4H3,(H,25,28). The van der Waals surface area contributed by atoms with Crippen molar-refractivity contribution in [3.63, 3.8) is 0 Å². The van der Waals surface area contributed by atoms with Gasteiger partial charge in [-0.25, -0.2) is 4.98 Å². The topological polar surface area (TPSA) is 46.9 Å². The van der Waals surface area contributed by atoms with Crippen LogP contribution in [-0.2, 0) is 17.9 Å². The zero-order chi connectivity index (χ0) is 20.4. The number of aromatic nitrogens is 2. The summed E-state index contributed by atoms with van der Waals surface area (Å²) in [7, 11) is 0. The van der Waals surface area contributed by atoms with Crippen LogP contribution in [0.3, 0.4) is 0 Å². The van der Waals surface area contributed by atoms with Crippen LogP contribution in [0.2, 0.25) is 0 Å². The maximum Gasteiger partial charge on any atom is 0.225 e. The minimum Gasteiger partial charge on any atom is -0.348 e. The average Bonchev–Trinajstić information content (AvgIpc) is 3.01. The smallest absolute Gasteiger partial charge is 0.225 e. The normalized spacial score (nSPS) is 11.9. The van der Waals surface area contributed by atoms with E-state index in [1.54, 1.807) is 0 Å². The van der Waals surface area contributed by atoms with Crippen LogP contribution in [0.5, 0.6) is 0 Å². The number of carbonyl (C=O) groups is 1. The van der Waals surface area contributed by atoms with Gasteiger partial charge in [-0.3, -0.25) is 4.79 Å². The summed E-state index contributed by atoms with van der Waals surface area (Å²) < 4.78 is 2.29. The van der Waals surface area contributed by atoms with E-state index < -0.39 is 0 Å². The van der Waals surface area contributed by atoms with Gasteiger partial charge in [-0.2, -0.15) is 0 Å². The Hall–Kier alpha value is -1.84. The van der Waals surface area contributed by atoms with Gasteiger partial charge in [0.25, 0.3) is 0 Å². The molecule has 28 heavy (non-hydrogen) atoms. The highest BCUT2D eigenvalue weighted by Gasteiger charge is 2.21. The van der Waals surface area contributed by atoms with Crippen molar-refractivity contribution in [3.05, 3.63) is 30.1 Å². The average molecular weight is 386 g/mol. The van der Waals surface area contributed by atoms with Crippen LogP contribution in [-0.4, -0.2) is 15.5 Å². The fourth-order valence-electron chi connectivity index (χ4n) is 3.51. The van der Waals surface area contributed by atoms with Crippen molar-refractivity contribution in [2.75, 3.05) is 0 Å². The van der Waals surface area contributed by atoms with Gasteiger partial charge >= 0.3 is 0 Å². The second kappa shape index (κ2) is 11.2. The van der Waals surface area contributed by atoms with E-state index in [1.165, 1.54) is 56.9 Å². The number of nitrogens with one attached hydrogen (secondary N) is 1. The molecule has 0 atom stereocenters. The number of hydrogen-bond acceptors (Lipinski definition) is 2. The van der Waals surface area contributed by atoms with Crippen molar-refractivity contribution in [2.45, 2.75) is 98.6 Å². The highest BCUT2D eigenvalue weighted by Crippen LogP contribution is 2.19. The van der Waals surface area contributed by atoms with Gasteiger partial charge in [-0.1, -0.05) is 91.2 Å². The third-order valence-electron chi connectivity index (χ3n) is 5.31. The summed E-state index contributed by atoms with van der Waals surface area (Å²) in [5, 5.41) is 3.05. The first kappa shape index (κ1) is 22.4. The lowest BCUT2D eigenvalue weighted by atomic mass is 9.96. The quantitative estimate of drug-likeness (QED) is 0.440. The third-order valence-corrected chi connectivity index (χ3v) is 5.31. The molecule has 0 aliphatic carbocycles. The molecule has 0 saturated heterocycles. The van der Waals surface area contributed by atoms with Crippen LogP contribution < -0.4 is 5.32 Å². The predicted molar refractivity (Wildman–Crippen MR) is 118 cm³/mol. The zero-order valence-electron chi connectivity index (χ0n) is 18.4.